The van der Waals surface area contributed by atoms with Crippen LogP contribution in [0, 0.1) is 23.8 Å². The predicted molar refractivity (Wildman–Crippen MR) is 118 cm³/mol. The molecule has 0 radical (unpaired) electrons. The fourth-order valence-electron chi connectivity index (χ4n) is 3.48. The van der Waals surface area contributed by atoms with Gasteiger partial charge in [0.2, 0.25) is 0 Å². The SMILES string of the molecule is CC1=C=C(C#C[N+](C)(C)C)C=C2CC2C[C@@H](/C(C)=C/C=C(/C)C=C(C)C)C1. The zero-order chi connectivity index (χ0) is 20.2. The Labute approximate surface area is 167 Å². The lowest BCUT2D eigenvalue weighted by Gasteiger charge is -2.17. The molecule has 0 saturated heterocycles. The third-order valence-corrected chi connectivity index (χ3v) is 4.94. The molecule has 0 spiro atoms. The molecule has 2 rings (SSSR count). The Balaban J connectivity index is 2.29. The van der Waals surface area contributed by atoms with Gasteiger partial charge >= 0.3 is 0 Å². The lowest BCUT2D eigenvalue weighted by atomic mass is 9.88. The van der Waals surface area contributed by atoms with Gasteiger partial charge in [-0.25, -0.2) is 0 Å². The predicted octanol–water partition coefficient (Wildman–Crippen LogP) is 6.34. The summed E-state index contributed by atoms with van der Waals surface area (Å²) in [6, 6.07) is 3.31. The van der Waals surface area contributed by atoms with Gasteiger partial charge in [-0.05, 0) is 77.4 Å². The second kappa shape index (κ2) is 8.79. The van der Waals surface area contributed by atoms with E-state index in [0.717, 1.165) is 17.9 Å². The summed E-state index contributed by atoms with van der Waals surface area (Å²) in [7, 11) is 6.30. The molecular formula is C26H36N+. The Morgan fingerprint density at radius 1 is 1.11 bits per heavy atom. The Morgan fingerprint density at radius 3 is 2.44 bits per heavy atom. The molecule has 0 heterocycles. The van der Waals surface area contributed by atoms with Crippen molar-refractivity contribution in [3.63, 3.8) is 0 Å². The van der Waals surface area contributed by atoms with Crippen molar-refractivity contribution in [1.82, 2.24) is 0 Å². The highest BCUT2D eigenvalue weighted by Gasteiger charge is 2.33. The maximum atomic E-state index is 3.59. The number of hydrogen-bond acceptors (Lipinski definition) is 0. The average molecular weight is 363 g/mol. The second-order valence-corrected chi connectivity index (χ2v) is 9.37. The quantitative estimate of drug-likeness (QED) is 0.238. The van der Waals surface area contributed by atoms with Crippen LogP contribution in [0.15, 0.2) is 63.5 Å². The van der Waals surface area contributed by atoms with Gasteiger partial charge in [-0.2, -0.15) is 0 Å². The lowest BCUT2D eigenvalue weighted by Crippen LogP contribution is -2.27. The van der Waals surface area contributed by atoms with Gasteiger partial charge in [0.05, 0.1) is 26.7 Å². The first-order chi connectivity index (χ1) is 12.5. The van der Waals surface area contributed by atoms with Crippen LogP contribution in [-0.4, -0.2) is 25.6 Å². The van der Waals surface area contributed by atoms with Crippen molar-refractivity contribution in [1.29, 1.82) is 0 Å². The Kier molecular flexibility index (Phi) is 6.94. The highest BCUT2D eigenvalue weighted by Crippen LogP contribution is 2.46. The van der Waals surface area contributed by atoms with Crippen molar-refractivity contribution in [2.45, 2.75) is 53.9 Å². The molecule has 0 bridgehead atoms. The van der Waals surface area contributed by atoms with Gasteiger partial charge < -0.3 is 0 Å². The highest BCUT2D eigenvalue weighted by molar-refractivity contribution is 5.44. The van der Waals surface area contributed by atoms with Gasteiger partial charge in [0.25, 0.3) is 0 Å². The van der Waals surface area contributed by atoms with Crippen LogP contribution in [0.4, 0.5) is 0 Å². The lowest BCUT2D eigenvalue weighted by molar-refractivity contribution is -0.800. The highest BCUT2D eigenvalue weighted by atomic mass is 15.3. The first-order valence-electron chi connectivity index (χ1n) is 10.0. The van der Waals surface area contributed by atoms with E-state index in [4.69, 9.17) is 0 Å². The molecule has 0 aromatic heterocycles. The summed E-state index contributed by atoms with van der Waals surface area (Å²) in [6.07, 6.45) is 12.7. The Hall–Kier alpha value is -2.00. The van der Waals surface area contributed by atoms with E-state index in [1.54, 1.807) is 5.57 Å². The summed E-state index contributed by atoms with van der Waals surface area (Å²) < 4.78 is 0.651. The Bertz CT molecular complexity index is 827. The van der Waals surface area contributed by atoms with Gasteiger partial charge in [0.1, 0.15) is 6.04 Å². The molecule has 2 aliphatic carbocycles. The fraction of sp³-hybridized carbons (Fsp3) is 0.500. The van der Waals surface area contributed by atoms with E-state index in [1.807, 2.05) is 0 Å². The van der Waals surface area contributed by atoms with Crippen molar-refractivity contribution in [3.05, 3.63) is 63.5 Å². The van der Waals surface area contributed by atoms with Gasteiger partial charge in [-0.15, -0.1) is 5.73 Å². The van der Waals surface area contributed by atoms with Crippen molar-refractivity contribution in [3.8, 4) is 12.0 Å². The minimum absolute atomic E-state index is 0.592. The first kappa shape index (κ1) is 21.3. The molecule has 0 amide bonds. The summed E-state index contributed by atoms with van der Waals surface area (Å²) in [4.78, 5) is 0. The van der Waals surface area contributed by atoms with Crippen molar-refractivity contribution in [2.75, 3.05) is 21.1 Å². The van der Waals surface area contributed by atoms with Gasteiger partial charge in [-0.3, -0.25) is 4.48 Å². The molecule has 1 fully saturated rings. The van der Waals surface area contributed by atoms with Crippen molar-refractivity contribution in [2.24, 2.45) is 11.8 Å². The number of hydrogen-bond donors (Lipinski definition) is 0. The molecular weight excluding hydrogens is 326 g/mol. The fourth-order valence-corrected chi connectivity index (χ4v) is 3.48. The van der Waals surface area contributed by atoms with Gasteiger partial charge in [0, 0.05) is 5.92 Å². The molecule has 1 heteroatoms. The third-order valence-electron chi connectivity index (χ3n) is 4.94. The van der Waals surface area contributed by atoms with Crippen LogP contribution in [0.2, 0.25) is 0 Å². The molecule has 0 N–H and O–H groups in total. The topological polar surface area (TPSA) is 0 Å². The number of rotatable bonds is 3. The smallest absolute Gasteiger partial charge is 0.142 e. The first-order valence-corrected chi connectivity index (χ1v) is 10.0. The zero-order valence-corrected chi connectivity index (χ0v) is 18.5. The largest absolute Gasteiger partial charge is 0.253 e. The molecule has 144 valence electrons. The second-order valence-electron chi connectivity index (χ2n) is 9.37. The van der Waals surface area contributed by atoms with Crippen LogP contribution in [0.25, 0.3) is 0 Å². The van der Waals surface area contributed by atoms with E-state index >= 15 is 0 Å². The zero-order valence-electron chi connectivity index (χ0n) is 18.5. The summed E-state index contributed by atoms with van der Waals surface area (Å²) in [5.74, 6) is 4.67. The molecule has 1 unspecified atom stereocenters. The average Bonchev–Trinajstić information content (AvgIpc) is 3.24. The molecule has 1 nitrogen and oxygen atoms in total. The summed E-state index contributed by atoms with van der Waals surface area (Å²) in [6.45, 7) is 11.0. The van der Waals surface area contributed by atoms with Gasteiger partial charge in [-0.1, -0.05) is 40.5 Å². The molecule has 0 aliphatic heterocycles. The van der Waals surface area contributed by atoms with Crippen LogP contribution < -0.4 is 0 Å². The van der Waals surface area contributed by atoms with Crippen molar-refractivity contribution < 1.29 is 4.48 Å². The number of fused-ring (bicyclic) bond motifs is 1. The normalized spacial score (nSPS) is 23.3. The maximum absolute atomic E-state index is 3.59. The maximum Gasteiger partial charge on any atom is 0.142 e. The number of nitrogens with zero attached hydrogens (tertiary/aromatic N) is 1. The third kappa shape index (κ3) is 7.64. The molecule has 0 aromatic rings. The van der Waals surface area contributed by atoms with Crippen LogP contribution in [0.5, 0.6) is 0 Å². The Morgan fingerprint density at radius 2 is 1.81 bits per heavy atom. The van der Waals surface area contributed by atoms with Crippen LogP contribution >= 0.6 is 0 Å². The van der Waals surface area contributed by atoms with Crippen LogP contribution in [0.1, 0.15) is 53.9 Å². The summed E-state index contributed by atoms with van der Waals surface area (Å²) in [5, 5.41) is 0. The van der Waals surface area contributed by atoms with E-state index in [-0.39, 0.29) is 0 Å². The summed E-state index contributed by atoms with van der Waals surface area (Å²) in [5.41, 5.74) is 11.6. The van der Waals surface area contributed by atoms with Crippen molar-refractivity contribution >= 4 is 0 Å². The van der Waals surface area contributed by atoms with E-state index < -0.39 is 0 Å². The van der Waals surface area contributed by atoms with E-state index in [0.29, 0.717) is 10.4 Å². The minimum Gasteiger partial charge on any atom is -0.253 e. The minimum atomic E-state index is 0.592. The van der Waals surface area contributed by atoms with E-state index in [2.05, 4.69) is 97.8 Å². The monoisotopic (exact) mass is 362 g/mol. The molecule has 0 aromatic carbocycles. The number of quaternary nitrogens is 1. The standard InChI is InChI=1S/C26H36N/c1-19(2)13-20(3)9-10-22(5)24-15-21(4)14-23(11-12-27(6,7)8)16-25-18-26(25)17-24/h9-10,13,16,24,26H,15,17-18H2,1-8H3/q+1/b20-9-,22-10+,25-16?/t14?,24-,26?/m0/s1. The van der Waals surface area contributed by atoms with E-state index in [9.17, 15) is 0 Å². The number of allylic oxidation sites excluding steroid dienone is 9. The molecule has 2 atom stereocenters. The van der Waals surface area contributed by atoms with Crippen LogP contribution in [0.3, 0.4) is 0 Å². The van der Waals surface area contributed by atoms with Crippen LogP contribution in [-0.2, 0) is 0 Å². The molecule has 2 aliphatic rings. The van der Waals surface area contributed by atoms with Gasteiger partial charge in [0.15, 0.2) is 0 Å². The molecule has 1 saturated carbocycles. The summed E-state index contributed by atoms with van der Waals surface area (Å²) >= 11 is 0. The van der Waals surface area contributed by atoms with E-state index in [1.165, 1.54) is 35.1 Å². The molecule has 27 heavy (non-hydrogen) atoms.